The summed E-state index contributed by atoms with van der Waals surface area (Å²) in [6.07, 6.45) is 6.44. The van der Waals surface area contributed by atoms with Gasteiger partial charge >= 0.3 is 0 Å². The van der Waals surface area contributed by atoms with Crippen molar-refractivity contribution < 1.29 is 14.3 Å². The van der Waals surface area contributed by atoms with Crippen molar-refractivity contribution in [2.75, 3.05) is 0 Å². The number of carbonyl (C=O) groups excluding carboxylic acids is 2. The van der Waals surface area contributed by atoms with E-state index in [-0.39, 0.29) is 12.0 Å². The Kier molecular flexibility index (Phi) is 5.37. The number of hydrogen-bond donors (Lipinski definition) is 0. The Bertz CT molecular complexity index is 213. The first kappa shape index (κ1) is 12.2. The van der Waals surface area contributed by atoms with Crippen LogP contribution in [0.1, 0.15) is 51.9 Å². The van der Waals surface area contributed by atoms with Crippen LogP contribution in [0.15, 0.2) is 0 Å². The molecule has 0 aromatic rings. The lowest BCUT2D eigenvalue weighted by Gasteiger charge is -2.26. The smallest absolute Gasteiger partial charge is 0.293 e. The highest BCUT2D eigenvalue weighted by Crippen LogP contribution is 2.27. The maximum atomic E-state index is 11.6. The summed E-state index contributed by atoms with van der Waals surface area (Å²) in [5.41, 5.74) is 0. The molecule has 0 aromatic carbocycles. The fourth-order valence-electron chi connectivity index (χ4n) is 2.20. The number of rotatable bonds is 6. The van der Waals surface area contributed by atoms with Crippen LogP contribution >= 0.6 is 0 Å². The average molecular weight is 212 g/mol. The normalized spacial score (nSPS) is 26.3. The molecule has 15 heavy (non-hydrogen) atoms. The van der Waals surface area contributed by atoms with Crippen LogP contribution in [0.2, 0.25) is 0 Å². The van der Waals surface area contributed by atoms with Gasteiger partial charge in [0.05, 0.1) is 0 Å². The third-order valence-corrected chi connectivity index (χ3v) is 3.12. The number of carbonyl (C=O) groups is 2. The number of ether oxygens (including phenoxy) is 1. The van der Waals surface area contributed by atoms with E-state index in [1.165, 1.54) is 12.8 Å². The Morgan fingerprint density at radius 1 is 1.47 bits per heavy atom. The minimum Gasteiger partial charge on any atom is -0.465 e. The Balaban J connectivity index is 2.32. The Morgan fingerprint density at radius 3 is 2.93 bits per heavy atom. The van der Waals surface area contributed by atoms with Gasteiger partial charge in [0, 0.05) is 12.3 Å². The van der Waals surface area contributed by atoms with Gasteiger partial charge in [-0.3, -0.25) is 9.59 Å². The molecule has 0 saturated heterocycles. The minimum absolute atomic E-state index is 0.0215. The lowest BCUT2D eigenvalue weighted by atomic mass is 9.83. The first-order valence-corrected chi connectivity index (χ1v) is 5.89. The molecule has 0 N–H and O–H groups in total. The zero-order valence-electron chi connectivity index (χ0n) is 9.41. The van der Waals surface area contributed by atoms with E-state index < -0.39 is 0 Å². The molecule has 1 fully saturated rings. The fraction of sp³-hybridized carbons (Fsp3) is 0.833. The van der Waals surface area contributed by atoms with E-state index in [0.29, 0.717) is 25.1 Å². The van der Waals surface area contributed by atoms with E-state index in [1.54, 1.807) is 0 Å². The van der Waals surface area contributed by atoms with Crippen LogP contribution in [0.4, 0.5) is 0 Å². The molecule has 0 aromatic heterocycles. The van der Waals surface area contributed by atoms with Crippen molar-refractivity contribution in [1.29, 1.82) is 0 Å². The summed E-state index contributed by atoms with van der Waals surface area (Å²) >= 11 is 0. The summed E-state index contributed by atoms with van der Waals surface area (Å²) in [5, 5.41) is 0. The van der Waals surface area contributed by atoms with Crippen molar-refractivity contribution in [2.24, 2.45) is 5.92 Å². The second kappa shape index (κ2) is 6.59. The molecule has 0 spiro atoms. The van der Waals surface area contributed by atoms with Crippen LogP contribution in [0.3, 0.4) is 0 Å². The highest BCUT2D eigenvalue weighted by atomic mass is 16.5. The maximum Gasteiger partial charge on any atom is 0.293 e. The van der Waals surface area contributed by atoms with Gasteiger partial charge in [0.2, 0.25) is 0 Å². The van der Waals surface area contributed by atoms with Crippen LogP contribution in [-0.4, -0.2) is 18.4 Å². The molecule has 3 nitrogen and oxygen atoms in total. The van der Waals surface area contributed by atoms with Gasteiger partial charge in [0.1, 0.15) is 11.9 Å². The molecule has 0 radical (unpaired) electrons. The number of ketones is 1. The van der Waals surface area contributed by atoms with Crippen LogP contribution in [0, 0.1) is 5.92 Å². The van der Waals surface area contributed by atoms with E-state index in [0.717, 1.165) is 19.3 Å². The average Bonchev–Trinajstić information content (AvgIpc) is 2.23. The monoisotopic (exact) mass is 212 g/mol. The first-order valence-electron chi connectivity index (χ1n) is 5.89. The highest BCUT2D eigenvalue weighted by Gasteiger charge is 2.28. The second-order valence-electron chi connectivity index (χ2n) is 4.29. The summed E-state index contributed by atoms with van der Waals surface area (Å²) in [4.78, 5) is 21.8. The summed E-state index contributed by atoms with van der Waals surface area (Å²) < 4.78 is 4.93. The van der Waals surface area contributed by atoms with Gasteiger partial charge in [-0.1, -0.05) is 26.2 Å². The van der Waals surface area contributed by atoms with Gasteiger partial charge in [-0.2, -0.15) is 0 Å². The van der Waals surface area contributed by atoms with E-state index >= 15 is 0 Å². The summed E-state index contributed by atoms with van der Waals surface area (Å²) in [6.45, 7) is 2.66. The van der Waals surface area contributed by atoms with Gasteiger partial charge < -0.3 is 4.74 Å². The van der Waals surface area contributed by atoms with Gasteiger partial charge in [-0.05, 0) is 19.3 Å². The zero-order chi connectivity index (χ0) is 11.1. The molecule has 2 unspecified atom stereocenters. The molecule has 0 aliphatic heterocycles. The molecule has 0 bridgehead atoms. The molecule has 3 heteroatoms. The number of Topliss-reactive ketones (excluding diaryl/α,β-unsaturated/α-hetero) is 1. The maximum absolute atomic E-state index is 11.6. The van der Waals surface area contributed by atoms with Crippen LogP contribution in [-0.2, 0) is 14.3 Å². The first-order chi connectivity index (χ1) is 7.27. The second-order valence-corrected chi connectivity index (χ2v) is 4.29. The van der Waals surface area contributed by atoms with Gasteiger partial charge in [0.15, 0.2) is 0 Å². The fourth-order valence-corrected chi connectivity index (χ4v) is 2.20. The Hall–Kier alpha value is -0.860. The van der Waals surface area contributed by atoms with Gasteiger partial charge in [-0.15, -0.1) is 0 Å². The number of hydrogen-bond acceptors (Lipinski definition) is 3. The summed E-state index contributed by atoms with van der Waals surface area (Å²) in [6, 6.07) is 0. The molecular weight excluding hydrogens is 192 g/mol. The Morgan fingerprint density at radius 2 is 2.27 bits per heavy atom. The largest absolute Gasteiger partial charge is 0.465 e. The predicted octanol–water partition coefficient (Wildman–Crippen LogP) is 2.48. The zero-order valence-corrected chi connectivity index (χ0v) is 9.41. The molecular formula is C12H20O3. The van der Waals surface area contributed by atoms with Crippen LogP contribution in [0.5, 0.6) is 0 Å². The van der Waals surface area contributed by atoms with Crippen molar-refractivity contribution in [1.82, 2.24) is 0 Å². The Labute approximate surface area is 91.2 Å². The molecule has 86 valence electrons. The third kappa shape index (κ3) is 4.02. The molecule has 1 aliphatic carbocycles. The quantitative estimate of drug-likeness (QED) is 0.502. The lowest BCUT2D eigenvalue weighted by Crippen LogP contribution is -2.29. The topological polar surface area (TPSA) is 43.4 Å². The van der Waals surface area contributed by atoms with E-state index in [2.05, 4.69) is 6.92 Å². The third-order valence-electron chi connectivity index (χ3n) is 3.12. The number of unbranched alkanes of at least 4 members (excludes halogenated alkanes) is 2. The SMILES string of the molecule is CCCCCC1CC(OC=O)CCC1=O. The van der Waals surface area contributed by atoms with Crippen LogP contribution < -0.4 is 0 Å². The molecule has 2 atom stereocenters. The summed E-state index contributed by atoms with van der Waals surface area (Å²) in [7, 11) is 0. The molecule has 0 heterocycles. The van der Waals surface area contributed by atoms with Gasteiger partial charge in [-0.25, -0.2) is 0 Å². The molecule has 1 saturated carbocycles. The highest BCUT2D eigenvalue weighted by molar-refractivity contribution is 5.81. The predicted molar refractivity (Wildman–Crippen MR) is 57.4 cm³/mol. The lowest BCUT2D eigenvalue weighted by molar-refractivity contribution is -0.140. The van der Waals surface area contributed by atoms with E-state index in [4.69, 9.17) is 4.74 Å². The minimum atomic E-state index is -0.0215. The van der Waals surface area contributed by atoms with Crippen molar-refractivity contribution in [3.8, 4) is 0 Å². The molecule has 1 aliphatic rings. The van der Waals surface area contributed by atoms with E-state index in [9.17, 15) is 9.59 Å². The van der Waals surface area contributed by atoms with Crippen molar-refractivity contribution in [2.45, 2.75) is 58.0 Å². The van der Waals surface area contributed by atoms with Crippen molar-refractivity contribution in [3.63, 3.8) is 0 Å². The van der Waals surface area contributed by atoms with E-state index in [1.807, 2.05) is 0 Å². The van der Waals surface area contributed by atoms with Crippen molar-refractivity contribution in [3.05, 3.63) is 0 Å². The van der Waals surface area contributed by atoms with Crippen LogP contribution in [0.25, 0.3) is 0 Å². The molecule has 1 rings (SSSR count). The van der Waals surface area contributed by atoms with Gasteiger partial charge in [0.25, 0.3) is 6.47 Å². The molecule has 0 amide bonds. The summed E-state index contributed by atoms with van der Waals surface area (Å²) in [5.74, 6) is 0.493. The standard InChI is InChI=1S/C12H20O3/c1-2-3-4-5-10-8-11(15-9-13)6-7-12(10)14/h9-11H,2-8H2,1H3. The van der Waals surface area contributed by atoms with Crippen molar-refractivity contribution >= 4 is 12.3 Å².